The lowest BCUT2D eigenvalue weighted by molar-refractivity contribution is -0.216. The highest BCUT2D eigenvalue weighted by molar-refractivity contribution is 8.06. The summed E-state index contributed by atoms with van der Waals surface area (Å²) in [6, 6.07) is 0. The van der Waals surface area contributed by atoms with Crippen LogP contribution in [0.5, 0.6) is 0 Å². The summed E-state index contributed by atoms with van der Waals surface area (Å²) < 4.78 is 11.1. The molecule has 0 aromatic rings. The molecule has 2 fully saturated rings. The average molecular weight is 277 g/mol. The van der Waals surface area contributed by atoms with Crippen molar-refractivity contribution in [2.24, 2.45) is 0 Å². The van der Waals surface area contributed by atoms with Gasteiger partial charge in [-0.25, -0.2) is 0 Å². The molecule has 17 heavy (non-hydrogen) atoms. The Bertz CT molecular complexity index is 249. The lowest BCUT2D eigenvalue weighted by Gasteiger charge is -2.37. The van der Waals surface area contributed by atoms with Gasteiger partial charge in [-0.15, -0.1) is 0 Å². The first-order valence-corrected chi connectivity index (χ1v) is 9.39. The molecule has 2 aliphatic rings. The summed E-state index contributed by atoms with van der Waals surface area (Å²) in [5.41, 5.74) is 0. The molecule has 0 heterocycles. The van der Waals surface area contributed by atoms with Crippen molar-refractivity contribution >= 4 is 18.5 Å². The van der Waals surface area contributed by atoms with Gasteiger partial charge in [0.15, 0.2) is 0 Å². The molecule has 2 saturated carbocycles. The monoisotopic (exact) mass is 277 g/mol. The van der Waals surface area contributed by atoms with E-state index in [1.54, 1.807) is 0 Å². The molecule has 0 amide bonds. The highest BCUT2D eigenvalue weighted by atomic mass is 32.5. The summed E-state index contributed by atoms with van der Waals surface area (Å²) in [7, 11) is 0. The second-order valence-corrected chi connectivity index (χ2v) is 7.84. The predicted molar refractivity (Wildman–Crippen MR) is 70.2 cm³/mol. The Labute approximate surface area is 109 Å². The molecule has 0 spiro atoms. The molecule has 0 N–H and O–H groups in total. The Morgan fingerprint density at radius 2 is 1.12 bits per heavy atom. The van der Waals surface area contributed by atoms with Crippen molar-refractivity contribution in [3.63, 3.8) is 0 Å². The van der Waals surface area contributed by atoms with Crippen LogP contribution in [0.2, 0.25) is 0 Å². The van der Waals surface area contributed by atoms with E-state index >= 15 is 0 Å². The van der Waals surface area contributed by atoms with Crippen LogP contribution in [0.3, 0.4) is 0 Å². The number of hydrogen-bond acceptors (Lipinski definition) is 4. The summed E-state index contributed by atoms with van der Waals surface area (Å²) in [4.78, 5) is 12.1. The summed E-state index contributed by atoms with van der Waals surface area (Å²) >= 11 is 5.02. The van der Waals surface area contributed by atoms with Crippen molar-refractivity contribution in [2.45, 2.75) is 76.4 Å². The molecular weight excluding hydrogens is 255 g/mol. The van der Waals surface area contributed by atoms with Crippen LogP contribution in [-0.4, -0.2) is 12.2 Å². The average Bonchev–Trinajstić information content (AvgIpc) is 2.30. The van der Waals surface area contributed by atoms with Gasteiger partial charge in [-0.1, -0.05) is 50.3 Å². The minimum atomic E-state index is -3.25. The molecule has 3 nitrogen and oxygen atoms in total. The van der Waals surface area contributed by atoms with Gasteiger partial charge in [-0.05, 0) is 25.7 Å². The zero-order valence-electron chi connectivity index (χ0n) is 10.3. The van der Waals surface area contributed by atoms with E-state index in [2.05, 4.69) is 0 Å². The molecular formula is C12H22O3PS-. The maximum Gasteiger partial charge on any atom is 0.116 e. The molecule has 0 unspecified atom stereocenters. The molecule has 0 aromatic carbocycles. The molecule has 2 aliphatic carbocycles. The van der Waals surface area contributed by atoms with Crippen LogP contribution in [0.1, 0.15) is 64.2 Å². The third-order valence-electron chi connectivity index (χ3n) is 3.66. The van der Waals surface area contributed by atoms with Gasteiger partial charge in [0, 0.05) is 0 Å². The lowest BCUT2D eigenvalue weighted by atomic mass is 9.98. The smallest absolute Gasteiger partial charge is 0.116 e. The van der Waals surface area contributed by atoms with E-state index in [4.69, 9.17) is 20.9 Å². The third-order valence-corrected chi connectivity index (χ3v) is 5.29. The van der Waals surface area contributed by atoms with Gasteiger partial charge < -0.3 is 13.9 Å². The van der Waals surface area contributed by atoms with Crippen LogP contribution < -0.4 is 4.89 Å². The molecule has 2 rings (SSSR count). The number of hydrogen-bond donors (Lipinski definition) is 0. The van der Waals surface area contributed by atoms with Gasteiger partial charge in [0.05, 0.1) is 12.2 Å². The fourth-order valence-electron chi connectivity index (χ4n) is 2.73. The first-order chi connectivity index (χ1) is 8.16. The molecule has 0 bridgehead atoms. The standard InChI is InChI=1S/C12H23O3PS/c13-16(17,14-11-7-3-1-4-8-11)15-12-9-5-2-6-10-12/h11-12H,1-10H2,(H,13,17)/p-1. The molecule has 0 aromatic heterocycles. The fraction of sp³-hybridized carbons (Fsp3) is 1.00. The molecule has 100 valence electrons. The van der Waals surface area contributed by atoms with Gasteiger partial charge in [0.2, 0.25) is 0 Å². The Morgan fingerprint density at radius 3 is 1.47 bits per heavy atom. The second-order valence-electron chi connectivity index (χ2n) is 5.18. The van der Waals surface area contributed by atoms with Crippen molar-refractivity contribution in [2.75, 3.05) is 0 Å². The maximum absolute atomic E-state index is 12.1. The van der Waals surface area contributed by atoms with Crippen molar-refractivity contribution in [3.8, 4) is 0 Å². The van der Waals surface area contributed by atoms with E-state index in [0.717, 1.165) is 51.4 Å². The summed E-state index contributed by atoms with van der Waals surface area (Å²) in [6.45, 7) is -3.25. The molecule has 0 aliphatic heterocycles. The van der Waals surface area contributed by atoms with Crippen LogP contribution in [0.4, 0.5) is 0 Å². The summed E-state index contributed by atoms with van der Waals surface area (Å²) in [5, 5.41) is 0. The fourth-order valence-corrected chi connectivity index (χ4v) is 4.66. The van der Waals surface area contributed by atoms with E-state index < -0.39 is 6.72 Å². The number of rotatable bonds is 4. The molecule has 5 heteroatoms. The highest BCUT2D eigenvalue weighted by Gasteiger charge is 2.22. The van der Waals surface area contributed by atoms with E-state index in [-0.39, 0.29) is 12.2 Å². The Balaban J connectivity index is 1.78. The lowest BCUT2D eigenvalue weighted by Crippen LogP contribution is -2.24. The zero-order valence-corrected chi connectivity index (χ0v) is 12.0. The van der Waals surface area contributed by atoms with Gasteiger partial charge in [-0.3, -0.25) is 0 Å². The normalized spacial score (nSPS) is 25.0. The molecule has 0 saturated heterocycles. The van der Waals surface area contributed by atoms with Crippen molar-refractivity contribution in [1.82, 2.24) is 0 Å². The highest BCUT2D eigenvalue weighted by Crippen LogP contribution is 2.46. The van der Waals surface area contributed by atoms with E-state index in [1.807, 2.05) is 0 Å². The Kier molecular flexibility index (Phi) is 5.44. The van der Waals surface area contributed by atoms with Crippen LogP contribution in [0.15, 0.2) is 0 Å². The quantitative estimate of drug-likeness (QED) is 0.740. The predicted octanol–water partition coefficient (Wildman–Crippen LogP) is 3.27. The minimum Gasteiger partial charge on any atom is -0.780 e. The third kappa shape index (κ3) is 4.96. The largest absolute Gasteiger partial charge is 0.780 e. The van der Waals surface area contributed by atoms with Crippen molar-refractivity contribution in [3.05, 3.63) is 0 Å². The van der Waals surface area contributed by atoms with E-state index in [0.29, 0.717) is 0 Å². The summed E-state index contributed by atoms with van der Waals surface area (Å²) in [6.07, 6.45) is 11.2. The van der Waals surface area contributed by atoms with Crippen LogP contribution in [-0.2, 0) is 20.9 Å². The van der Waals surface area contributed by atoms with Gasteiger partial charge >= 0.3 is 0 Å². The second kappa shape index (κ2) is 6.63. The zero-order chi connectivity index (χ0) is 12.1. The van der Waals surface area contributed by atoms with Gasteiger partial charge in [-0.2, -0.15) is 0 Å². The van der Waals surface area contributed by atoms with Crippen LogP contribution in [0.25, 0.3) is 0 Å². The first kappa shape index (κ1) is 14.0. The first-order valence-electron chi connectivity index (χ1n) is 6.83. The Morgan fingerprint density at radius 1 is 0.765 bits per heavy atom. The maximum atomic E-state index is 12.1. The summed E-state index contributed by atoms with van der Waals surface area (Å²) in [5.74, 6) is 0. The van der Waals surface area contributed by atoms with Gasteiger partial charge in [0.1, 0.15) is 6.72 Å². The Hall–Kier alpha value is 0.530. The SMILES string of the molecule is [O-]P(=S)(OC1CCCCC1)OC1CCCCC1. The van der Waals surface area contributed by atoms with E-state index in [9.17, 15) is 4.89 Å². The van der Waals surface area contributed by atoms with Crippen LogP contribution in [0, 0.1) is 0 Å². The molecule has 0 radical (unpaired) electrons. The molecule has 0 atom stereocenters. The topological polar surface area (TPSA) is 41.5 Å². The van der Waals surface area contributed by atoms with E-state index in [1.165, 1.54) is 12.8 Å². The van der Waals surface area contributed by atoms with Crippen molar-refractivity contribution in [1.29, 1.82) is 0 Å². The van der Waals surface area contributed by atoms with Crippen molar-refractivity contribution < 1.29 is 13.9 Å². The minimum absolute atomic E-state index is 0.0654. The van der Waals surface area contributed by atoms with Crippen LogP contribution >= 0.6 is 6.72 Å². The van der Waals surface area contributed by atoms with Gasteiger partial charge in [0.25, 0.3) is 0 Å².